The van der Waals surface area contributed by atoms with Crippen molar-refractivity contribution in [1.82, 2.24) is 4.90 Å². The molecule has 2 amide bonds. The standard InChI is InChI=1S/C18H23NO2S/c1-2-3-4-5-6-10-13-19-17(20)14-16(18(19)21)22-15-11-8-7-9-12-15/h7-9,11-12,14H,2-6,10,13H2,1H3. The van der Waals surface area contributed by atoms with E-state index in [0.29, 0.717) is 11.4 Å². The van der Waals surface area contributed by atoms with Crippen LogP contribution >= 0.6 is 11.8 Å². The normalized spacial score (nSPS) is 14.6. The van der Waals surface area contributed by atoms with E-state index in [9.17, 15) is 9.59 Å². The molecule has 0 fully saturated rings. The number of unbranched alkanes of at least 4 members (excludes halogenated alkanes) is 5. The van der Waals surface area contributed by atoms with Crippen LogP contribution in [0.5, 0.6) is 0 Å². The average Bonchev–Trinajstić information content (AvgIpc) is 2.79. The Kier molecular flexibility index (Phi) is 6.72. The average molecular weight is 317 g/mol. The third-order valence-corrected chi connectivity index (χ3v) is 4.70. The Hall–Kier alpha value is -1.55. The third-order valence-electron chi connectivity index (χ3n) is 3.68. The fraction of sp³-hybridized carbons (Fsp3) is 0.444. The number of imide groups is 1. The van der Waals surface area contributed by atoms with E-state index < -0.39 is 0 Å². The maximum atomic E-state index is 12.3. The molecule has 118 valence electrons. The highest BCUT2D eigenvalue weighted by Crippen LogP contribution is 2.31. The second-order valence-corrected chi connectivity index (χ2v) is 6.60. The molecular weight excluding hydrogens is 294 g/mol. The topological polar surface area (TPSA) is 37.4 Å². The Labute approximate surface area is 136 Å². The first-order valence-corrected chi connectivity index (χ1v) is 8.84. The molecule has 2 rings (SSSR count). The molecule has 1 aromatic rings. The zero-order valence-corrected chi connectivity index (χ0v) is 13.9. The Morgan fingerprint density at radius 3 is 2.36 bits per heavy atom. The summed E-state index contributed by atoms with van der Waals surface area (Å²) in [5, 5.41) is 0. The molecule has 3 nitrogen and oxygen atoms in total. The second kappa shape index (κ2) is 8.79. The van der Waals surface area contributed by atoms with Gasteiger partial charge in [0.05, 0.1) is 4.91 Å². The zero-order chi connectivity index (χ0) is 15.8. The van der Waals surface area contributed by atoms with Crippen molar-refractivity contribution in [2.45, 2.75) is 50.3 Å². The minimum absolute atomic E-state index is 0.146. The summed E-state index contributed by atoms with van der Waals surface area (Å²) in [6, 6.07) is 9.68. The monoisotopic (exact) mass is 317 g/mol. The molecule has 0 radical (unpaired) electrons. The molecule has 0 N–H and O–H groups in total. The molecule has 4 heteroatoms. The van der Waals surface area contributed by atoms with Crippen LogP contribution in [0, 0.1) is 0 Å². The summed E-state index contributed by atoms with van der Waals surface area (Å²) in [5.41, 5.74) is 0. The van der Waals surface area contributed by atoms with Crippen molar-refractivity contribution in [1.29, 1.82) is 0 Å². The van der Waals surface area contributed by atoms with Crippen molar-refractivity contribution in [2.75, 3.05) is 6.54 Å². The predicted molar refractivity (Wildman–Crippen MR) is 90.5 cm³/mol. The van der Waals surface area contributed by atoms with Crippen LogP contribution in [-0.4, -0.2) is 23.3 Å². The van der Waals surface area contributed by atoms with Gasteiger partial charge in [-0.05, 0) is 18.6 Å². The molecule has 0 unspecified atom stereocenters. The molecule has 1 aliphatic rings. The lowest BCUT2D eigenvalue weighted by atomic mass is 10.1. The zero-order valence-electron chi connectivity index (χ0n) is 13.1. The van der Waals surface area contributed by atoms with Crippen molar-refractivity contribution < 1.29 is 9.59 Å². The third kappa shape index (κ3) is 4.73. The molecule has 0 aromatic heterocycles. The Morgan fingerprint density at radius 2 is 1.64 bits per heavy atom. The van der Waals surface area contributed by atoms with Gasteiger partial charge in [-0.2, -0.15) is 0 Å². The van der Waals surface area contributed by atoms with Crippen LogP contribution < -0.4 is 0 Å². The van der Waals surface area contributed by atoms with Crippen LogP contribution in [0.4, 0.5) is 0 Å². The Morgan fingerprint density at radius 1 is 0.955 bits per heavy atom. The van der Waals surface area contributed by atoms with Crippen molar-refractivity contribution in [3.8, 4) is 0 Å². The largest absolute Gasteiger partial charge is 0.274 e. The number of hydrogen-bond donors (Lipinski definition) is 0. The van der Waals surface area contributed by atoms with E-state index in [1.165, 1.54) is 48.4 Å². The van der Waals surface area contributed by atoms with Crippen molar-refractivity contribution in [3.63, 3.8) is 0 Å². The van der Waals surface area contributed by atoms with Gasteiger partial charge in [0.2, 0.25) is 0 Å². The van der Waals surface area contributed by atoms with E-state index in [1.54, 1.807) is 0 Å². The Balaban J connectivity index is 1.79. The number of thioether (sulfide) groups is 1. The molecule has 1 heterocycles. The van der Waals surface area contributed by atoms with Gasteiger partial charge in [-0.15, -0.1) is 0 Å². The molecule has 1 aromatic carbocycles. The van der Waals surface area contributed by atoms with E-state index in [-0.39, 0.29) is 11.8 Å². The first-order valence-electron chi connectivity index (χ1n) is 8.03. The van der Waals surface area contributed by atoms with E-state index in [4.69, 9.17) is 0 Å². The molecule has 0 spiro atoms. The molecule has 0 aliphatic carbocycles. The summed E-state index contributed by atoms with van der Waals surface area (Å²) in [6.45, 7) is 2.73. The maximum Gasteiger partial charge on any atom is 0.267 e. The molecule has 0 bridgehead atoms. The second-order valence-electron chi connectivity index (χ2n) is 5.49. The molecule has 0 saturated heterocycles. The van der Waals surface area contributed by atoms with Crippen LogP contribution in [0.15, 0.2) is 46.2 Å². The van der Waals surface area contributed by atoms with Crippen LogP contribution in [0.1, 0.15) is 45.4 Å². The van der Waals surface area contributed by atoms with E-state index in [0.717, 1.165) is 17.7 Å². The minimum Gasteiger partial charge on any atom is -0.274 e. The Bertz CT molecular complexity index is 539. The van der Waals surface area contributed by atoms with Gasteiger partial charge < -0.3 is 0 Å². The summed E-state index contributed by atoms with van der Waals surface area (Å²) in [5.74, 6) is -0.315. The van der Waals surface area contributed by atoms with E-state index >= 15 is 0 Å². The van der Waals surface area contributed by atoms with Crippen molar-refractivity contribution in [2.24, 2.45) is 0 Å². The fourth-order valence-corrected chi connectivity index (χ4v) is 3.34. The first kappa shape index (κ1) is 16.8. The highest BCUT2D eigenvalue weighted by atomic mass is 32.2. The molecule has 0 atom stereocenters. The summed E-state index contributed by atoms with van der Waals surface area (Å²) >= 11 is 1.37. The van der Waals surface area contributed by atoms with Gasteiger partial charge >= 0.3 is 0 Å². The lowest BCUT2D eigenvalue weighted by molar-refractivity contribution is -0.136. The van der Waals surface area contributed by atoms with Crippen LogP contribution in [0.25, 0.3) is 0 Å². The highest BCUT2D eigenvalue weighted by Gasteiger charge is 2.30. The molecule has 0 saturated carbocycles. The van der Waals surface area contributed by atoms with Gasteiger partial charge in [-0.1, -0.05) is 69.0 Å². The van der Waals surface area contributed by atoms with Gasteiger partial charge in [-0.3, -0.25) is 14.5 Å². The summed E-state index contributed by atoms with van der Waals surface area (Å²) in [7, 11) is 0. The van der Waals surface area contributed by atoms with Crippen LogP contribution in [0.3, 0.4) is 0 Å². The van der Waals surface area contributed by atoms with Crippen LogP contribution in [0.2, 0.25) is 0 Å². The van der Waals surface area contributed by atoms with Gasteiger partial charge in [0, 0.05) is 17.5 Å². The number of carbonyl (C=O) groups excluding carboxylic acids is 2. The molecule has 22 heavy (non-hydrogen) atoms. The number of hydrogen-bond acceptors (Lipinski definition) is 3. The maximum absolute atomic E-state index is 12.3. The first-order chi connectivity index (χ1) is 10.7. The minimum atomic E-state index is -0.169. The number of rotatable bonds is 9. The summed E-state index contributed by atoms with van der Waals surface area (Å²) in [6.07, 6.45) is 8.37. The lowest BCUT2D eigenvalue weighted by Crippen LogP contribution is -2.31. The van der Waals surface area contributed by atoms with Crippen molar-refractivity contribution >= 4 is 23.6 Å². The number of amides is 2. The summed E-state index contributed by atoms with van der Waals surface area (Å²) < 4.78 is 0. The SMILES string of the molecule is CCCCCCCCN1C(=O)C=C(Sc2ccccc2)C1=O. The van der Waals surface area contributed by atoms with Gasteiger partial charge in [0.1, 0.15) is 0 Å². The fourth-order valence-electron chi connectivity index (χ4n) is 2.44. The van der Waals surface area contributed by atoms with Crippen LogP contribution in [-0.2, 0) is 9.59 Å². The van der Waals surface area contributed by atoms with Gasteiger partial charge in [-0.25, -0.2) is 0 Å². The smallest absolute Gasteiger partial charge is 0.267 e. The summed E-state index contributed by atoms with van der Waals surface area (Å²) in [4.78, 5) is 27.2. The molecular formula is C18H23NO2S. The van der Waals surface area contributed by atoms with E-state index in [1.807, 2.05) is 30.3 Å². The number of carbonyl (C=O) groups is 2. The predicted octanol–water partition coefficient (Wildman–Crippen LogP) is 4.39. The number of benzene rings is 1. The lowest BCUT2D eigenvalue weighted by Gasteiger charge is -2.14. The number of nitrogens with zero attached hydrogens (tertiary/aromatic N) is 1. The highest BCUT2D eigenvalue weighted by molar-refractivity contribution is 8.04. The van der Waals surface area contributed by atoms with Gasteiger partial charge in [0.15, 0.2) is 0 Å². The van der Waals surface area contributed by atoms with E-state index in [2.05, 4.69) is 6.92 Å². The van der Waals surface area contributed by atoms with Crippen molar-refractivity contribution in [3.05, 3.63) is 41.3 Å². The molecule has 1 aliphatic heterocycles. The quantitative estimate of drug-likeness (QED) is 0.500. The van der Waals surface area contributed by atoms with Gasteiger partial charge in [0.25, 0.3) is 11.8 Å².